The maximum absolute atomic E-state index is 15.0. The van der Waals surface area contributed by atoms with Crippen molar-refractivity contribution in [1.82, 2.24) is 10.2 Å². The maximum Gasteiger partial charge on any atom is 0.264 e. The van der Waals surface area contributed by atoms with Gasteiger partial charge in [-0.3, -0.25) is 13.9 Å². The Labute approximate surface area is 259 Å². The number of hydrogen-bond donors (Lipinski definition) is 1. The number of rotatable bonds is 14. The van der Waals surface area contributed by atoms with Crippen molar-refractivity contribution in [2.24, 2.45) is 0 Å². The van der Waals surface area contributed by atoms with Gasteiger partial charge in [0.25, 0.3) is 10.0 Å². The van der Waals surface area contributed by atoms with Crippen LogP contribution in [0.5, 0.6) is 0 Å². The maximum atomic E-state index is 15.0. The molecule has 0 aliphatic heterocycles. The molecule has 0 aromatic heterocycles. The summed E-state index contributed by atoms with van der Waals surface area (Å²) in [5.74, 6) is -1.55. The van der Waals surface area contributed by atoms with E-state index in [2.05, 4.69) is 5.32 Å². The molecule has 9 heteroatoms. The number of anilines is 1. The minimum Gasteiger partial charge on any atom is -0.354 e. The first-order valence-corrected chi connectivity index (χ1v) is 16.2. The van der Waals surface area contributed by atoms with Gasteiger partial charge in [0.1, 0.15) is 18.4 Å². The van der Waals surface area contributed by atoms with Crippen molar-refractivity contribution >= 4 is 27.5 Å². The smallest absolute Gasteiger partial charge is 0.264 e. The second-order valence-corrected chi connectivity index (χ2v) is 12.3. The van der Waals surface area contributed by atoms with E-state index < -0.39 is 40.2 Å². The van der Waals surface area contributed by atoms with Crippen molar-refractivity contribution in [3.8, 4) is 0 Å². The van der Waals surface area contributed by atoms with E-state index in [4.69, 9.17) is 0 Å². The van der Waals surface area contributed by atoms with Gasteiger partial charge in [-0.15, -0.1) is 0 Å². The van der Waals surface area contributed by atoms with Gasteiger partial charge in [0.15, 0.2) is 0 Å². The molecule has 4 rings (SSSR count). The highest BCUT2D eigenvalue weighted by atomic mass is 32.2. The summed E-state index contributed by atoms with van der Waals surface area (Å²) in [7, 11) is -4.20. The summed E-state index contributed by atoms with van der Waals surface area (Å²) in [5, 5.41) is 2.89. The van der Waals surface area contributed by atoms with Crippen molar-refractivity contribution in [2.75, 3.05) is 17.4 Å². The standard InChI is InChI=1S/C35H38FN3O4S/c1-3-23-37-35(41)33(24-27-15-7-5-8-16-27)38(25-29-18-11-13-21-31(29)36)34(40)26-39(32-22-14-12-17-28(32)4-2)44(42,43)30-19-9-6-10-20-30/h5-22,33H,3-4,23-26H2,1-2H3,(H,37,41). The number of halogens is 1. The molecular formula is C35H38FN3O4S. The molecule has 1 unspecified atom stereocenters. The molecule has 1 N–H and O–H groups in total. The van der Waals surface area contributed by atoms with Crippen molar-refractivity contribution in [3.63, 3.8) is 0 Å². The summed E-state index contributed by atoms with van der Waals surface area (Å²) in [5.41, 5.74) is 2.13. The first-order valence-electron chi connectivity index (χ1n) is 14.8. The third-order valence-electron chi connectivity index (χ3n) is 7.37. The van der Waals surface area contributed by atoms with Crippen LogP contribution in [0.15, 0.2) is 114 Å². The average Bonchev–Trinajstić information content (AvgIpc) is 3.05. The van der Waals surface area contributed by atoms with Crippen LogP contribution in [-0.4, -0.2) is 44.3 Å². The third kappa shape index (κ3) is 7.90. The van der Waals surface area contributed by atoms with Gasteiger partial charge in [-0.2, -0.15) is 0 Å². The molecule has 0 saturated carbocycles. The van der Waals surface area contributed by atoms with Crippen molar-refractivity contribution in [1.29, 1.82) is 0 Å². The second-order valence-electron chi connectivity index (χ2n) is 10.4. The second kappa shape index (κ2) is 15.3. The number of aryl methyl sites for hydroxylation is 1. The lowest BCUT2D eigenvalue weighted by atomic mass is 10.0. The van der Waals surface area contributed by atoms with E-state index in [1.165, 1.54) is 23.1 Å². The normalized spacial score (nSPS) is 11.9. The van der Waals surface area contributed by atoms with Crippen molar-refractivity contribution in [2.45, 2.75) is 50.6 Å². The number of para-hydroxylation sites is 1. The minimum absolute atomic E-state index is 0.0286. The lowest BCUT2D eigenvalue weighted by molar-refractivity contribution is -0.140. The largest absolute Gasteiger partial charge is 0.354 e. The molecule has 1 atom stereocenters. The Morgan fingerprint density at radius 2 is 1.39 bits per heavy atom. The molecule has 0 saturated heterocycles. The molecule has 4 aromatic carbocycles. The van der Waals surface area contributed by atoms with Crippen LogP contribution in [0.1, 0.15) is 37.0 Å². The molecule has 0 spiro atoms. The predicted molar refractivity (Wildman–Crippen MR) is 171 cm³/mol. The van der Waals surface area contributed by atoms with Crippen molar-refractivity contribution in [3.05, 3.63) is 132 Å². The van der Waals surface area contributed by atoms with Gasteiger partial charge >= 0.3 is 0 Å². The van der Waals surface area contributed by atoms with Crippen LogP contribution < -0.4 is 9.62 Å². The summed E-state index contributed by atoms with van der Waals surface area (Å²) in [4.78, 5) is 29.5. The number of carbonyl (C=O) groups excluding carboxylic acids is 2. The van der Waals surface area contributed by atoms with Crippen LogP contribution in [0.4, 0.5) is 10.1 Å². The molecule has 0 fully saturated rings. The number of nitrogens with one attached hydrogen (secondary N) is 1. The van der Waals surface area contributed by atoms with E-state index >= 15 is 0 Å². The van der Waals surface area contributed by atoms with Gasteiger partial charge < -0.3 is 10.2 Å². The Kier molecular flexibility index (Phi) is 11.3. The SMILES string of the molecule is CCCNC(=O)C(Cc1ccccc1)N(Cc1ccccc1F)C(=O)CN(c1ccccc1CC)S(=O)(=O)c1ccccc1. The van der Waals surface area contributed by atoms with E-state index in [0.717, 1.165) is 15.4 Å². The van der Waals surface area contributed by atoms with Gasteiger partial charge in [0.05, 0.1) is 10.6 Å². The van der Waals surface area contributed by atoms with Crippen LogP contribution in [0, 0.1) is 5.82 Å². The fraction of sp³-hybridized carbons (Fsp3) is 0.257. The van der Waals surface area contributed by atoms with Gasteiger partial charge in [-0.1, -0.05) is 98.8 Å². The lowest BCUT2D eigenvalue weighted by Crippen LogP contribution is -2.53. The minimum atomic E-state index is -4.20. The molecule has 0 radical (unpaired) electrons. The fourth-order valence-electron chi connectivity index (χ4n) is 5.02. The highest BCUT2D eigenvalue weighted by molar-refractivity contribution is 7.92. The summed E-state index contributed by atoms with van der Waals surface area (Å²) in [6.07, 6.45) is 1.37. The number of benzene rings is 4. The average molecular weight is 616 g/mol. The molecule has 230 valence electrons. The molecule has 7 nitrogen and oxygen atoms in total. The fourth-order valence-corrected chi connectivity index (χ4v) is 6.49. The first kappa shape index (κ1) is 32.4. The molecule has 44 heavy (non-hydrogen) atoms. The summed E-state index contributed by atoms with van der Waals surface area (Å²) in [6, 6.07) is 29.2. The van der Waals surface area contributed by atoms with Crippen LogP contribution in [0.25, 0.3) is 0 Å². The molecule has 0 bridgehead atoms. The zero-order valence-corrected chi connectivity index (χ0v) is 25.8. The monoisotopic (exact) mass is 615 g/mol. The third-order valence-corrected chi connectivity index (χ3v) is 9.14. The summed E-state index contributed by atoms with van der Waals surface area (Å²) < 4.78 is 44.3. The molecule has 0 heterocycles. The van der Waals surface area contributed by atoms with Gasteiger partial charge in [0.2, 0.25) is 11.8 Å². The van der Waals surface area contributed by atoms with Crippen molar-refractivity contribution < 1.29 is 22.4 Å². The predicted octanol–water partition coefficient (Wildman–Crippen LogP) is 5.75. The lowest BCUT2D eigenvalue weighted by Gasteiger charge is -2.34. The topological polar surface area (TPSA) is 86.8 Å². The summed E-state index contributed by atoms with van der Waals surface area (Å²) in [6.45, 7) is 3.41. The van der Waals surface area contributed by atoms with Crippen LogP contribution in [0.2, 0.25) is 0 Å². The van der Waals surface area contributed by atoms with Crippen LogP contribution in [0.3, 0.4) is 0 Å². The Morgan fingerprint density at radius 1 is 0.795 bits per heavy atom. The van der Waals surface area contributed by atoms with E-state index in [1.807, 2.05) is 56.3 Å². The Morgan fingerprint density at radius 3 is 2.02 bits per heavy atom. The molecule has 4 aromatic rings. The quantitative estimate of drug-likeness (QED) is 0.196. The number of nitrogens with zero attached hydrogens (tertiary/aromatic N) is 2. The highest BCUT2D eigenvalue weighted by Crippen LogP contribution is 2.28. The molecular weight excluding hydrogens is 577 g/mol. The van der Waals surface area contributed by atoms with E-state index in [-0.39, 0.29) is 23.4 Å². The van der Waals surface area contributed by atoms with Crippen LogP contribution in [-0.2, 0) is 39.0 Å². The summed E-state index contributed by atoms with van der Waals surface area (Å²) >= 11 is 0. The van der Waals surface area contributed by atoms with Gasteiger partial charge in [-0.05, 0) is 48.2 Å². The number of amides is 2. The highest BCUT2D eigenvalue weighted by Gasteiger charge is 2.35. The number of carbonyl (C=O) groups is 2. The molecule has 0 aliphatic carbocycles. The zero-order valence-electron chi connectivity index (χ0n) is 25.0. The van der Waals surface area contributed by atoms with Crippen LogP contribution >= 0.6 is 0 Å². The van der Waals surface area contributed by atoms with E-state index in [9.17, 15) is 22.4 Å². The number of hydrogen-bond acceptors (Lipinski definition) is 4. The number of sulfonamides is 1. The Bertz CT molecular complexity index is 1650. The Hall–Kier alpha value is -4.50. The van der Waals surface area contributed by atoms with Gasteiger partial charge in [0, 0.05) is 25.1 Å². The first-order chi connectivity index (χ1) is 21.3. The Balaban J connectivity index is 1.82. The van der Waals surface area contributed by atoms with Gasteiger partial charge in [-0.25, -0.2) is 12.8 Å². The zero-order chi connectivity index (χ0) is 31.5. The molecule has 0 aliphatic rings. The molecule has 2 amide bonds. The van der Waals surface area contributed by atoms with E-state index in [0.29, 0.717) is 25.1 Å². The van der Waals surface area contributed by atoms with E-state index in [1.54, 1.807) is 48.5 Å².